The summed E-state index contributed by atoms with van der Waals surface area (Å²) in [7, 11) is 0. The topological polar surface area (TPSA) is 50.2 Å². The highest BCUT2D eigenvalue weighted by atomic mass is 32.2. The van der Waals surface area contributed by atoms with E-state index in [4.69, 9.17) is 5.11 Å². The molecule has 0 saturated heterocycles. The maximum atomic E-state index is 10.9. The van der Waals surface area contributed by atoms with Gasteiger partial charge in [-0.25, -0.2) is 9.78 Å². The van der Waals surface area contributed by atoms with Gasteiger partial charge in [-0.1, -0.05) is 13.8 Å². The van der Waals surface area contributed by atoms with E-state index >= 15 is 0 Å². The lowest BCUT2D eigenvalue weighted by molar-refractivity contribution is 0.0692. The maximum absolute atomic E-state index is 10.9. The standard InChI is InChI=1S/C11H15NO2S/c1-7(2)6-8-4-5-9(11(13)14)10(12-8)15-3/h4-5,7H,6H2,1-3H3,(H,13,14). The fourth-order valence-electron chi connectivity index (χ4n) is 1.33. The third-order valence-electron chi connectivity index (χ3n) is 1.96. The van der Waals surface area contributed by atoms with Gasteiger partial charge >= 0.3 is 5.97 Å². The van der Waals surface area contributed by atoms with Crippen LogP contribution in [0.1, 0.15) is 29.9 Å². The first-order valence-electron chi connectivity index (χ1n) is 4.81. The molecule has 3 nitrogen and oxygen atoms in total. The molecule has 4 heteroatoms. The van der Waals surface area contributed by atoms with Gasteiger partial charge in [0, 0.05) is 5.69 Å². The summed E-state index contributed by atoms with van der Waals surface area (Å²) in [4.78, 5) is 15.2. The van der Waals surface area contributed by atoms with E-state index in [9.17, 15) is 4.79 Å². The van der Waals surface area contributed by atoms with Crippen molar-refractivity contribution in [2.45, 2.75) is 25.3 Å². The summed E-state index contributed by atoms with van der Waals surface area (Å²) in [6.45, 7) is 4.23. The molecule has 1 aromatic heterocycles. The Bertz CT molecular complexity index is 364. The fourth-order valence-corrected chi connectivity index (χ4v) is 1.91. The quantitative estimate of drug-likeness (QED) is 0.800. The van der Waals surface area contributed by atoms with Crippen molar-refractivity contribution in [3.05, 3.63) is 23.4 Å². The van der Waals surface area contributed by atoms with Gasteiger partial charge in [0.15, 0.2) is 0 Å². The Labute approximate surface area is 93.9 Å². The smallest absolute Gasteiger partial charge is 0.338 e. The Kier molecular flexibility index (Phi) is 4.15. The lowest BCUT2D eigenvalue weighted by Crippen LogP contribution is -2.04. The van der Waals surface area contributed by atoms with Crippen molar-refractivity contribution >= 4 is 17.7 Å². The molecule has 0 unspecified atom stereocenters. The highest BCUT2D eigenvalue weighted by Gasteiger charge is 2.11. The summed E-state index contributed by atoms with van der Waals surface area (Å²) in [6.07, 6.45) is 2.72. The lowest BCUT2D eigenvalue weighted by Gasteiger charge is -2.07. The maximum Gasteiger partial charge on any atom is 0.338 e. The molecule has 15 heavy (non-hydrogen) atoms. The van der Waals surface area contributed by atoms with Crippen LogP contribution < -0.4 is 0 Å². The molecule has 0 atom stereocenters. The molecule has 1 rings (SSSR count). The molecule has 0 radical (unpaired) electrons. The Balaban J connectivity index is 3.02. The van der Waals surface area contributed by atoms with Gasteiger partial charge in [0.25, 0.3) is 0 Å². The van der Waals surface area contributed by atoms with Gasteiger partial charge < -0.3 is 5.11 Å². The van der Waals surface area contributed by atoms with Crippen molar-refractivity contribution in [2.75, 3.05) is 6.26 Å². The predicted octanol–water partition coefficient (Wildman–Crippen LogP) is 2.70. The molecule has 1 heterocycles. The van der Waals surface area contributed by atoms with Crippen LogP contribution in [0.15, 0.2) is 17.2 Å². The van der Waals surface area contributed by atoms with E-state index in [0.717, 1.165) is 12.1 Å². The SMILES string of the molecule is CSc1nc(CC(C)C)ccc1C(=O)O. The number of hydrogen-bond donors (Lipinski definition) is 1. The molecule has 0 aliphatic heterocycles. The number of hydrogen-bond acceptors (Lipinski definition) is 3. The molecular formula is C11H15NO2S. The van der Waals surface area contributed by atoms with Crippen LogP contribution in [0.5, 0.6) is 0 Å². The zero-order valence-corrected chi connectivity index (χ0v) is 9.97. The Hall–Kier alpha value is -1.03. The van der Waals surface area contributed by atoms with Crippen molar-refractivity contribution in [1.29, 1.82) is 0 Å². The first kappa shape index (κ1) is 12.0. The van der Waals surface area contributed by atoms with Crippen LogP contribution in [-0.2, 0) is 6.42 Å². The van der Waals surface area contributed by atoms with Crippen molar-refractivity contribution in [3.8, 4) is 0 Å². The molecular weight excluding hydrogens is 210 g/mol. The van der Waals surface area contributed by atoms with Gasteiger partial charge in [0.05, 0.1) is 5.56 Å². The molecule has 0 aliphatic rings. The monoisotopic (exact) mass is 225 g/mol. The first-order valence-corrected chi connectivity index (χ1v) is 6.04. The number of carbonyl (C=O) groups is 1. The highest BCUT2D eigenvalue weighted by Crippen LogP contribution is 2.19. The minimum Gasteiger partial charge on any atom is -0.478 e. The average Bonchev–Trinajstić information content (AvgIpc) is 2.16. The second-order valence-electron chi connectivity index (χ2n) is 3.76. The third kappa shape index (κ3) is 3.23. The second kappa shape index (κ2) is 5.16. The van der Waals surface area contributed by atoms with E-state index in [1.54, 1.807) is 12.1 Å². The van der Waals surface area contributed by atoms with E-state index in [-0.39, 0.29) is 5.56 Å². The Morgan fingerprint density at radius 1 is 1.53 bits per heavy atom. The van der Waals surface area contributed by atoms with E-state index < -0.39 is 5.97 Å². The summed E-state index contributed by atoms with van der Waals surface area (Å²) < 4.78 is 0. The molecule has 0 saturated carbocycles. The van der Waals surface area contributed by atoms with E-state index in [1.807, 2.05) is 6.26 Å². The van der Waals surface area contributed by atoms with Crippen LogP contribution in [-0.4, -0.2) is 22.3 Å². The Morgan fingerprint density at radius 3 is 2.67 bits per heavy atom. The third-order valence-corrected chi connectivity index (χ3v) is 2.66. The molecule has 0 aromatic carbocycles. The summed E-state index contributed by atoms with van der Waals surface area (Å²) in [6, 6.07) is 3.43. The lowest BCUT2D eigenvalue weighted by atomic mass is 10.1. The van der Waals surface area contributed by atoms with Crippen molar-refractivity contribution < 1.29 is 9.90 Å². The molecule has 0 bridgehead atoms. The molecule has 0 amide bonds. The van der Waals surface area contributed by atoms with Crippen LogP contribution >= 0.6 is 11.8 Å². The van der Waals surface area contributed by atoms with Crippen LogP contribution in [0.25, 0.3) is 0 Å². The number of nitrogens with zero attached hydrogens (tertiary/aromatic N) is 1. The summed E-state index contributed by atoms with van der Waals surface area (Å²) in [5.74, 6) is -0.383. The minimum absolute atomic E-state index is 0.287. The van der Waals surface area contributed by atoms with Gasteiger partial charge in [-0.3, -0.25) is 0 Å². The largest absolute Gasteiger partial charge is 0.478 e. The van der Waals surface area contributed by atoms with Crippen molar-refractivity contribution in [1.82, 2.24) is 4.98 Å². The molecule has 1 aromatic rings. The van der Waals surface area contributed by atoms with Gasteiger partial charge in [-0.2, -0.15) is 0 Å². The number of carboxylic acids is 1. The van der Waals surface area contributed by atoms with E-state index in [0.29, 0.717) is 10.9 Å². The summed E-state index contributed by atoms with van der Waals surface area (Å²) in [5.41, 5.74) is 1.24. The van der Waals surface area contributed by atoms with Gasteiger partial charge in [0.2, 0.25) is 0 Å². The van der Waals surface area contributed by atoms with E-state index in [1.165, 1.54) is 11.8 Å². The second-order valence-corrected chi connectivity index (χ2v) is 4.56. The highest BCUT2D eigenvalue weighted by molar-refractivity contribution is 7.98. The van der Waals surface area contributed by atoms with Gasteiger partial charge in [0.1, 0.15) is 5.03 Å². The normalized spacial score (nSPS) is 10.7. The van der Waals surface area contributed by atoms with Crippen LogP contribution in [0, 0.1) is 5.92 Å². The fraction of sp³-hybridized carbons (Fsp3) is 0.455. The average molecular weight is 225 g/mol. The molecule has 82 valence electrons. The predicted molar refractivity (Wildman–Crippen MR) is 61.5 cm³/mol. The van der Waals surface area contributed by atoms with Gasteiger partial charge in [-0.15, -0.1) is 11.8 Å². The van der Waals surface area contributed by atoms with Crippen LogP contribution in [0.3, 0.4) is 0 Å². The summed E-state index contributed by atoms with van der Waals surface area (Å²) >= 11 is 1.37. The van der Waals surface area contributed by atoms with Crippen LogP contribution in [0.2, 0.25) is 0 Å². The van der Waals surface area contributed by atoms with Crippen LogP contribution in [0.4, 0.5) is 0 Å². The zero-order valence-electron chi connectivity index (χ0n) is 9.15. The number of aromatic carboxylic acids is 1. The number of rotatable bonds is 4. The number of pyridine rings is 1. The molecule has 0 fully saturated rings. The molecule has 0 aliphatic carbocycles. The first-order chi connectivity index (χ1) is 7.04. The summed E-state index contributed by atoms with van der Waals surface area (Å²) in [5, 5.41) is 9.51. The molecule has 0 spiro atoms. The Morgan fingerprint density at radius 2 is 2.20 bits per heavy atom. The minimum atomic E-state index is -0.914. The van der Waals surface area contributed by atoms with Crippen molar-refractivity contribution in [2.24, 2.45) is 5.92 Å². The number of aromatic nitrogens is 1. The molecule has 1 N–H and O–H groups in total. The number of carboxylic acid groups (broad SMARTS) is 1. The van der Waals surface area contributed by atoms with E-state index in [2.05, 4.69) is 18.8 Å². The van der Waals surface area contributed by atoms with Gasteiger partial charge in [-0.05, 0) is 30.7 Å². The number of thioether (sulfide) groups is 1. The van der Waals surface area contributed by atoms with Crippen molar-refractivity contribution in [3.63, 3.8) is 0 Å². The zero-order chi connectivity index (χ0) is 11.4.